The second-order valence-electron chi connectivity index (χ2n) is 8.74. The molecule has 0 unspecified atom stereocenters. The SMILES string of the molecule is CCCCCCCCCCCCCCCCC[N+](C)(CCC)CCC.[Cl-]. The first-order chi connectivity index (χ1) is 12.2. The van der Waals surface area contributed by atoms with Gasteiger partial charge in [0.1, 0.15) is 0 Å². The molecule has 2 heteroatoms. The van der Waals surface area contributed by atoms with Crippen molar-refractivity contribution in [3.05, 3.63) is 0 Å². The van der Waals surface area contributed by atoms with Crippen molar-refractivity contribution in [2.45, 2.75) is 130 Å². The van der Waals surface area contributed by atoms with Crippen molar-refractivity contribution in [3.63, 3.8) is 0 Å². The van der Waals surface area contributed by atoms with Crippen molar-refractivity contribution in [1.82, 2.24) is 0 Å². The summed E-state index contributed by atoms with van der Waals surface area (Å²) in [7, 11) is 2.47. The van der Waals surface area contributed by atoms with Gasteiger partial charge in [-0.3, -0.25) is 0 Å². The van der Waals surface area contributed by atoms with Gasteiger partial charge in [0.05, 0.1) is 26.7 Å². The van der Waals surface area contributed by atoms with Crippen molar-refractivity contribution in [3.8, 4) is 0 Å². The highest BCUT2D eigenvalue weighted by Gasteiger charge is 2.18. The maximum Gasteiger partial charge on any atom is 0.0784 e. The summed E-state index contributed by atoms with van der Waals surface area (Å²) in [6, 6.07) is 0. The summed E-state index contributed by atoms with van der Waals surface area (Å²) < 4.78 is 1.31. The molecule has 0 rings (SSSR count). The third-order valence-electron chi connectivity index (χ3n) is 5.83. The van der Waals surface area contributed by atoms with Crippen LogP contribution in [0.3, 0.4) is 0 Å². The van der Waals surface area contributed by atoms with Gasteiger partial charge in [0, 0.05) is 0 Å². The molecule has 0 aliphatic heterocycles. The van der Waals surface area contributed by atoms with E-state index in [1.165, 1.54) is 133 Å². The summed E-state index contributed by atoms with van der Waals surface area (Å²) in [6.07, 6.45) is 24.6. The Hall–Kier alpha value is 0.250. The number of rotatable bonds is 20. The minimum atomic E-state index is 0. The van der Waals surface area contributed by atoms with Crippen LogP contribution >= 0.6 is 0 Å². The van der Waals surface area contributed by atoms with Crippen molar-refractivity contribution in [1.29, 1.82) is 0 Å². The Labute approximate surface area is 173 Å². The van der Waals surface area contributed by atoms with E-state index in [1.807, 2.05) is 0 Å². The maximum absolute atomic E-state index is 2.47. The molecule has 0 amide bonds. The first-order valence-corrected chi connectivity index (χ1v) is 12.0. The number of hydrogen-bond acceptors (Lipinski definition) is 0. The van der Waals surface area contributed by atoms with Gasteiger partial charge < -0.3 is 16.9 Å². The third kappa shape index (κ3) is 19.0. The fourth-order valence-corrected chi connectivity index (χ4v) is 4.28. The van der Waals surface area contributed by atoms with Crippen molar-refractivity contribution in [2.24, 2.45) is 0 Å². The van der Waals surface area contributed by atoms with Crippen LogP contribution in [-0.2, 0) is 0 Å². The van der Waals surface area contributed by atoms with E-state index < -0.39 is 0 Å². The van der Waals surface area contributed by atoms with Crippen LogP contribution in [0.5, 0.6) is 0 Å². The van der Waals surface area contributed by atoms with E-state index in [0.29, 0.717) is 0 Å². The van der Waals surface area contributed by atoms with Crippen LogP contribution in [0.4, 0.5) is 0 Å². The maximum atomic E-state index is 2.47. The quantitative estimate of drug-likeness (QED) is 0.200. The lowest BCUT2D eigenvalue weighted by molar-refractivity contribution is -0.909. The lowest BCUT2D eigenvalue weighted by atomic mass is 10.0. The van der Waals surface area contributed by atoms with Gasteiger partial charge in [-0.1, -0.05) is 104 Å². The second kappa shape index (κ2) is 21.5. The first-order valence-electron chi connectivity index (χ1n) is 12.0. The molecule has 0 atom stereocenters. The van der Waals surface area contributed by atoms with Gasteiger partial charge in [0.25, 0.3) is 0 Å². The lowest BCUT2D eigenvalue weighted by Gasteiger charge is -2.34. The van der Waals surface area contributed by atoms with E-state index in [1.54, 1.807) is 0 Å². The fourth-order valence-electron chi connectivity index (χ4n) is 4.28. The zero-order chi connectivity index (χ0) is 18.6. The first kappa shape index (κ1) is 28.5. The zero-order valence-electron chi connectivity index (χ0n) is 19.0. The number of unbranched alkanes of at least 4 members (excludes halogenated alkanes) is 14. The van der Waals surface area contributed by atoms with E-state index in [4.69, 9.17) is 0 Å². The van der Waals surface area contributed by atoms with Gasteiger partial charge in [-0.15, -0.1) is 0 Å². The van der Waals surface area contributed by atoms with Crippen LogP contribution < -0.4 is 12.4 Å². The third-order valence-corrected chi connectivity index (χ3v) is 5.83. The van der Waals surface area contributed by atoms with Crippen LogP contribution in [-0.4, -0.2) is 31.2 Å². The predicted octanol–water partition coefficient (Wildman–Crippen LogP) is 5.13. The van der Waals surface area contributed by atoms with Crippen LogP contribution in [0, 0.1) is 0 Å². The van der Waals surface area contributed by atoms with Crippen LogP contribution in [0.2, 0.25) is 0 Å². The Morgan fingerprint density at radius 3 is 1.00 bits per heavy atom. The molecule has 0 aromatic rings. The summed E-state index contributed by atoms with van der Waals surface area (Å²) in [5, 5.41) is 0. The molecule has 26 heavy (non-hydrogen) atoms. The van der Waals surface area contributed by atoms with Crippen molar-refractivity contribution >= 4 is 0 Å². The average Bonchev–Trinajstić information content (AvgIpc) is 2.59. The van der Waals surface area contributed by atoms with Gasteiger partial charge in [-0.05, 0) is 25.7 Å². The highest BCUT2D eigenvalue weighted by Crippen LogP contribution is 2.14. The normalized spacial score (nSPS) is 11.5. The molecule has 0 aliphatic rings. The summed E-state index contributed by atoms with van der Waals surface area (Å²) in [5.41, 5.74) is 0. The van der Waals surface area contributed by atoms with E-state index in [2.05, 4.69) is 27.8 Å². The molecule has 0 aromatic heterocycles. The Morgan fingerprint density at radius 2 is 0.692 bits per heavy atom. The smallest absolute Gasteiger partial charge is 0.0784 e. The lowest BCUT2D eigenvalue weighted by Crippen LogP contribution is -3.00. The Kier molecular flexibility index (Phi) is 23.6. The molecule has 0 bridgehead atoms. The van der Waals surface area contributed by atoms with Gasteiger partial charge in [0.2, 0.25) is 0 Å². The second-order valence-corrected chi connectivity index (χ2v) is 8.74. The molecule has 0 radical (unpaired) electrons. The van der Waals surface area contributed by atoms with Crippen LogP contribution in [0.15, 0.2) is 0 Å². The van der Waals surface area contributed by atoms with Crippen molar-refractivity contribution in [2.75, 3.05) is 26.7 Å². The highest BCUT2D eigenvalue weighted by molar-refractivity contribution is 4.50. The van der Waals surface area contributed by atoms with Gasteiger partial charge >= 0.3 is 0 Å². The molecule has 0 spiro atoms. The topological polar surface area (TPSA) is 0 Å². The number of quaternary nitrogens is 1. The summed E-state index contributed by atoms with van der Waals surface area (Å²) >= 11 is 0. The number of nitrogens with zero attached hydrogens (tertiary/aromatic N) is 1. The van der Waals surface area contributed by atoms with Crippen LogP contribution in [0.25, 0.3) is 0 Å². The fraction of sp³-hybridized carbons (Fsp3) is 1.00. The standard InChI is InChI=1S/C24H52N.ClH/c1-5-8-9-10-11-12-13-14-15-16-17-18-19-20-21-24-25(4,22-6-2)23-7-3;/h5-24H2,1-4H3;1H/q+1;/p-1. The highest BCUT2D eigenvalue weighted by atomic mass is 35.5. The van der Waals surface area contributed by atoms with E-state index in [9.17, 15) is 0 Å². The van der Waals surface area contributed by atoms with Crippen molar-refractivity contribution < 1.29 is 16.9 Å². The number of hydrogen-bond donors (Lipinski definition) is 0. The largest absolute Gasteiger partial charge is 1.00 e. The zero-order valence-corrected chi connectivity index (χ0v) is 19.7. The van der Waals surface area contributed by atoms with Crippen LogP contribution in [0.1, 0.15) is 130 Å². The predicted molar refractivity (Wildman–Crippen MR) is 116 cm³/mol. The molecule has 0 saturated heterocycles. The Morgan fingerprint density at radius 1 is 0.385 bits per heavy atom. The van der Waals surface area contributed by atoms with E-state index in [0.717, 1.165) is 0 Å². The number of halogens is 1. The van der Waals surface area contributed by atoms with E-state index in [-0.39, 0.29) is 12.4 Å². The molecular formula is C24H52ClN. The monoisotopic (exact) mass is 389 g/mol. The molecular weight excluding hydrogens is 338 g/mol. The minimum Gasteiger partial charge on any atom is -1.00 e. The molecule has 0 fully saturated rings. The Bertz CT molecular complexity index is 249. The van der Waals surface area contributed by atoms with E-state index >= 15 is 0 Å². The average molecular weight is 390 g/mol. The molecule has 1 nitrogen and oxygen atoms in total. The summed E-state index contributed by atoms with van der Waals surface area (Å²) in [4.78, 5) is 0. The minimum absolute atomic E-state index is 0. The summed E-state index contributed by atoms with van der Waals surface area (Å²) in [5.74, 6) is 0. The summed E-state index contributed by atoms with van der Waals surface area (Å²) in [6.45, 7) is 11.1. The molecule has 0 saturated carbocycles. The molecule has 160 valence electrons. The molecule has 0 heterocycles. The molecule has 0 aliphatic carbocycles. The van der Waals surface area contributed by atoms with Gasteiger partial charge in [0.15, 0.2) is 0 Å². The van der Waals surface area contributed by atoms with Gasteiger partial charge in [-0.25, -0.2) is 0 Å². The molecule has 0 N–H and O–H groups in total. The van der Waals surface area contributed by atoms with Gasteiger partial charge in [-0.2, -0.15) is 0 Å². The molecule has 0 aromatic carbocycles. The Balaban J connectivity index is 0.